The molecule has 26 heavy (non-hydrogen) atoms. The molecule has 0 spiro atoms. The smallest absolute Gasteiger partial charge is 0.253 e. The van der Waals surface area contributed by atoms with Crippen molar-refractivity contribution in [2.75, 3.05) is 38.1 Å². The van der Waals surface area contributed by atoms with Crippen molar-refractivity contribution < 1.29 is 0 Å². The van der Waals surface area contributed by atoms with Gasteiger partial charge in [0.2, 0.25) is 0 Å². The molecule has 0 aliphatic carbocycles. The maximum atomic E-state index is 13.0. The first-order valence-corrected chi connectivity index (χ1v) is 9.23. The van der Waals surface area contributed by atoms with Crippen LogP contribution < -0.4 is 10.5 Å². The molecule has 1 aromatic heterocycles. The maximum Gasteiger partial charge on any atom is 0.253 e. The van der Waals surface area contributed by atoms with Crippen LogP contribution in [0.15, 0.2) is 59.4 Å². The first-order valence-electron chi connectivity index (χ1n) is 9.23. The highest BCUT2D eigenvalue weighted by molar-refractivity contribution is 5.92. The predicted molar refractivity (Wildman–Crippen MR) is 108 cm³/mol. The molecule has 1 aliphatic heterocycles. The van der Waals surface area contributed by atoms with E-state index in [-0.39, 0.29) is 5.56 Å². The van der Waals surface area contributed by atoms with E-state index in [9.17, 15) is 4.79 Å². The van der Waals surface area contributed by atoms with Crippen LogP contribution in [0.3, 0.4) is 0 Å². The van der Waals surface area contributed by atoms with Gasteiger partial charge in [0.25, 0.3) is 5.56 Å². The number of hydrogen-bond acceptors (Lipinski definition) is 3. The molecule has 0 amide bonds. The number of piperazine rings is 1. The van der Waals surface area contributed by atoms with Crippen molar-refractivity contribution in [1.82, 2.24) is 9.47 Å². The van der Waals surface area contributed by atoms with Crippen molar-refractivity contribution in [2.45, 2.75) is 13.5 Å². The van der Waals surface area contributed by atoms with Crippen LogP contribution in [-0.4, -0.2) is 42.7 Å². The summed E-state index contributed by atoms with van der Waals surface area (Å²) in [6.07, 6.45) is 0. The molecule has 1 fully saturated rings. The highest BCUT2D eigenvalue weighted by Gasteiger charge is 2.18. The van der Waals surface area contributed by atoms with E-state index in [1.54, 1.807) is 0 Å². The number of aryl methyl sites for hydroxylation is 1. The molecule has 0 radical (unpaired) electrons. The number of pyridine rings is 1. The lowest BCUT2D eigenvalue weighted by Gasteiger charge is -2.34. The Hall–Kier alpha value is -2.59. The lowest BCUT2D eigenvalue weighted by molar-refractivity contribution is 0.313. The minimum atomic E-state index is 0.0686. The topological polar surface area (TPSA) is 28.5 Å². The minimum Gasteiger partial charge on any atom is -0.368 e. The Morgan fingerprint density at radius 2 is 1.65 bits per heavy atom. The van der Waals surface area contributed by atoms with Crippen LogP contribution in [0.5, 0.6) is 0 Å². The second-order valence-electron chi connectivity index (χ2n) is 7.25. The Morgan fingerprint density at radius 3 is 2.38 bits per heavy atom. The fraction of sp³-hybridized carbons (Fsp3) is 0.318. The molecule has 0 N–H and O–H groups in total. The average Bonchev–Trinajstić information content (AvgIpc) is 2.65. The van der Waals surface area contributed by atoms with Gasteiger partial charge >= 0.3 is 0 Å². The minimum absolute atomic E-state index is 0.0686. The molecule has 4 rings (SSSR count). The van der Waals surface area contributed by atoms with Crippen LogP contribution in [0.2, 0.25) is 0 Å². The van der Waals surface area contributed by atoms with E-state index in [4.69, 9.17) is 0 Å². The Bertz CT molecular complexity index is 970. The van der Waals surface area contributed by atoms with Gasteiger partial charge in [0.1, 0.15) is 0 Å². The normalized spacial score (nSPS) is 15.5. The van der Waals surface area contributed by atoms with Gasteiger partial charge in [-0.05, 0) is 31.7 Å². The maximum absolute atomic E-state index is 13.0. The van der Waals surface area contributed by atoms with Gasteiger partial charge in [0, 0.05) is 37.6 Å². The lowest BCUT2D eigenvalue weighted by Crippen LogP contribution is -2.45. The van der Waals surface area contributed by atoms with Crippen LogP contribution in [0.1, 0.15) is 11.1 Å². The van der Waals surface area contributed by atoms with Gasteiger partial charge < -0.3 is 14.4 Å². The summed E-state index contributed by atoms with van der Waals surface area (Å²) in [5.41, 5.74) is 4.52. The molecular formula is C22H25N3O. The molecule has 0 bridgehead atoms. The van der Waals surface area contributed by atoms with E-state index in [0.717, 1.165) is 42.9 Å². The van der Waals surface area contributed by atoms with Crippen molar-refractivity contribution >= 4 is 16.6 Å². The molecule has 134 valence electrons. The molecule has 1 aliphatic rings. The second kappa shape index (κ2) is 6.96. The molecule has 0 unspecified atom stereocenters. The highest BCUT2D eigenvalue weighted by atomic mass is 16.1. The summed E-state index contributed by atoms with van der Waals surface area (Å²) >= 11 is 0. The van der Waals surface area contributed by atoms with Gasteiger partial charge in [-0.1, -0.05) is 42.0 Å². The molecule has 4 nitrogen and oxygen atoms in total. The second-order valence-corrected chi connectivity index (χ2v) is 7.25. The van der Waals surface area contributed by atoms with Gasteiger partial charge in [-0.15, -0.1) is 0 Å². The number of benzene rings is 2. The number of rotatable bonds is 3. The summed E-state index contributed by atoms with van der Waals surface area (Å²) in [5, 5.41) is 1.17. The standard InChI is InChI=1S/C22H25N3O/c1-17-8-9-20-19(14-17)21(24-12-10-23(2)11-13-24)15-22(26)25(20)16-18-6-4-3-5-7-18/h3-9,14-15H,10-13,16H2,1-2H3. The molecular weight excluding hydrogens is 322 g/mol. The lowest BCUT2D eigenvalue weighted by atomic mass is 10.1. The third kappa shape index (κ3) is 3.25. The van der Waals surface area contributed by atoms with E-state index in [1.807, 2.05) is 28.8 Å². The van der Waals surface area contributed by atoms with E-state index < -0.39 is 0 Å². The van der Waals surface area contributed by atoms with E-state index in [0.29, 0.717) is 6.54 Å². The van der Waals surface area contributed by atoms with Crippen LogP contribution >= 0.6 is 0 Å². The first kappa shape index (κ1) is 16.9. The predicted octanol–water partition coefficient (Wildman–Crippen LogP) is 3.11. The Morgan fingerprint density at radius 1 is 0.923 bits per heavy atom. The summed E-state index contributed by atoms with van der Waals surface area (Å²) in [4.78, 5) is 17.7. The van der Waals surface area contributed by atoms with Gasteiger partial charge in [0.05, 0.1) is 17.7 Å². The number of hydrogen-bond donors (Lipinski definition) is 0. The highest BCUT2D eigenvalue weighted by Crippen LogP contribution is 2.27. The number of likely N-dealkylation sites (N-methyl/N-ethyl adjacent to an activating group) is 1. The third-order valence-corrected chi connectivity index (χ3v) is 5.27. The Labute approximate surface area is 154 Å². The summed E-state index contributed by atoms with van der Waals surface area (Å²) in [7, 11) is 2.15. The summed E-state index contributed by atoms with van der Waals surface area (Å²) in [6, 6.07) is 18.4. The SMILES string of the molecule is Cc1ccc2c(c1)c(N1CCN(C)CC1)cc(=O)n2Cc1ccccc1. The molecule has 1 saturated heterocycles. The molecule has 2 heterocycles. The van der Waals surface area contributed by atoms with Crippen LogP contribution in [0.25, 0.3) is 10.9 Å². The fourth-order valence-electron chi connectivity index (χ4n) is 3.72. The largest absolute Gasteiger partial charge is 0.368 e. The van der Waals surface area contributed by atoms with Gasteiger partial charge in [-0.3, -0.25) is 4.79 Å². The van der Waals surface area contributed by atoms with Crippen molar-refractivity contribution in [3.05, 3.63) is 76.1 Å². The average molecular weight is 347 g/mol. The van der Waals surface area contributed by atoms with Crippen molar-refractivity contribution in [3.63, 3.8) is 0 Å². The number of fused-ring (bicyclic) bond motifs is 1. The zero-order valence-electron chi connectivity index (χ0n) is 15.5. The zero-order chi connectivity index (χ0) is 18.1. The third-order valence-electron chi connectivity index (χ3n) is 5.27. The van der Waals surface area contributed by atoms with Crippen molar-refractivity contribution in [2.24, 2.45) is 0 Å². The summed E-state index contributed by atoms with van der Waals surface area (Å²) < 4.78 is 1.89. The summed E-state index contributed by atoms with van der Waals surface area (Å²) in [5.74, 6) is 0. The summed E-state index contributed by atoms with van der Waals surface area (Å²) in [6.45, 7) is 6.69. The zero-order valence-corrected chi connectivity index (χ0v) is 15.5. The van der Waals surface area contributed by atoms with Crippen LogP contribution in [0.4, 0.5) is 5.69 Å². The molecule has 0 atom stereocenters. The molecule has 2 aromatic carbocycles. The van der Waals surface area contributed by atoms with Gasteiger partial charge in [-0.25, -0.2) is 0 Å². The monoisotopic (exact) mass is 347 g/mol. The quantitative estimate of drug-likeness (QED) is 0.729. The van der Waals surface area contributed by atoms with Gasteiger partial charge in [0.15, 0.2) is 0 Å². The number of aromatic nitrogens is 1. The first-order chi connectivity index (χ1) is 12.6. The number of anilines is 1. The van der Waals surface area contributed by atoms with Crippen LogP contribution in [0, 0.1) is 6.92 Å². The van der Waals surface area contributed by atoms with E-state index in [2.05, 4.69) is 54.1 Å². The number of nitrogens with zero attached hydrogens (tertiary/aromatic N) is 3. The fourth-order valence-corrected chi connectivity index (χ4v) is 3.72. The Balaban J connectivity index is 1.83. The molecule has 0 saturated carbocycles. The molecule has 4 heteroatoms. The van der Waals surface area contributed by atoms with E-state index in [1.165, 1.54) is 10.9 Å². The van der Waals surface area contributed by atoms with Crippen molar-refractivity contribution in [1.29, 1.82) is 0 Å². The van der Waals surface area contributed by atoms with Gasteiger partial charge in [-0.2, -0.15) is 0 Å². The molecule has 3 aromatic rings. The van der Waals surface area contributed by atoms with E-state index >= 15 is 0 Å². The Kier molecular flexibility index (Phi) is 4.51. The van der Waals surface area contributed by atoms with Crippen molar-refractivity contribution in [3.8, 4) is 0 Å². The van der Waals surface area contributed by atoms with Crippen LogP contribution in [-0.2, 0) is 6.54 Å².